The van der Waals surface area contributed by atoms with Gasteiger partial charge in [-0.2, -0.15) is 0 Å². The van der Waals surface area contributed by atoms with Crippen LogP contribution in [0.25, 0.3) is 11.1 Å². The number of anilines is 1. The Morgan fingerprint density at radius 1 is 0.923 bits per heavy atom. The lowest BCUT2D eigenvalue weighted by molar-refractivity contribution is 0.0977. The van der Waals surface area contributed by atoms with Gasteiger partial charge in [-0.05, 0) is 72.6 Å². The maximum Gasteiger partial charge on any atom is 0.258 e. The number of halogens is 2. The van der Waals surface area contributed by atoms with Crippen molar-refractivity contribution in [3.63, 3.8) is 0 Å². The van der Waals surface area contributed by atoms with E-state index < -0.39 is 17.7 Å². The predicted molar refractivity (Wildman–Crippen MR) is 95.1 cm³/mol. The fourth-order valence-electron chi connectivity index (χ4n) is 3.43. The van der Waals surface area contributed by atoms with Gasteiger partial charge in [0.15, 0.2) is 0 Å². The molecular weight excluding hydrogens is 336 g/mol. The molecule has 0 aliphatic carbocycles. The van der Waals surface area contributed by atoms with Crippen LogP contribution in [0.4, 0.5) is 14.5 Å². The molecule has 0 unspecified atom stereocenters. The van der Waals surface area contributed by atoms with Crippen molar-refractivity contribution in [2.75, 3.05) is 4.90 Å². The number of aromatic hydroxyl groups is 1. The Kier molecular flexibility index (Phi) is 3.72. The summed E-state index contributed by atoms with van der Waals surface area (Å²) in [5.41, 5.74) is 2.91. The van der Waals surface area contributed by atoms with E-state index in [2.05, 4.69) is 0 Å². The van der Waals surface area contributed by atoms with Crippen molar-refractivity contribution >= 4 is 11.6 Å². The maximum atomic E-state index is 13.9. The van der Waals surface area contributed by atoms with Crippen LogP contribution in [0.15, 0.2) is 60.7 Å². The van der Waals surface area contributed by atoms with E-state index in [4.69, 9.17) is 0 Å². The highest BCUT2D eigenvalue weighted by Crippen LogP contribution is 2.45. The van der Waals surface area contributed by atoms with Crippen LogP contribution in [-0.2, 0) is 0 Å². The van der Waals surface area contributed by atoms with Crippen LogP contribution in [0.1, 0.15) is 28.9 Å². The van der Waals surface area contributed by atoms with Gasteiger partial charge < -0.3 is 10.0 Å². The van der Waals surface area contributed by atoms with Gasteiger partial charge in [0.1, 0.15) is 17.4 Å². The van der Waals surface area contributed by atoms with Crippen molar-refractivity contribution < 1.29 is 18.7 Å². The third kappa shape index (κ3) is 2.52. The number of nitrogens with zero attached hydrogens (tertiary/aromatic N) is 1. The van der Waals surface area contributed by atoms with Gasteiger partial charge in [0.25, 0.3) is 5.91 Å². The molecule has 130 valence electrons. The van der Waals surface area contributed by atoms with Crippen LogP contribution in [-0.4, -0.2) is 11.0 Å². The van der Waals surface area contributed by atoms with E-state index in [1.807, 2.05) is 0 Å². The van der Waals surface area contributed by atoms with E-state index in [-0.39, 0.29) is 11.7 Å². The molecule has 0 aromatic heterocycles. The SMILES string of the molecule is C[C@H]1c2cc(F)ccc2-c2ccc(F)cc2N1C(=O)c1ccc(O)cc1. The second-order valence-electron chi connectivity index (χ2n) is 6.29. The smallest absolute Gasteiger partial charge is 0.258 e. The summed E-state index contributed by atoms with van der Waals surface area (Å²) >= 11 is 0. The standard InChI is InChI=1S/C21H15F2NO2/c1-12-19-10-14(22)4-8-17(19)18-9-5-15(23)11-20(18)24(12)21(26)13-2-6-16(25)7-3-13/h2-12,25H,1H3/t12-/m0/s1. The Bertz CT molecular complexity index is 1020. The number of benzene rings is 3. The first-order valence-electron chi connectivity index (χ1n) is 8.17. The molecule has 0 saturated carbocycles. The fourth-order valence-corrected chi connectivity index (χ4v) is 3.43. The lowest BCUT2D eigenvalue weighted by atomic mass is 9.88. The van der Waals surface area contributed by atoms with Crippen LogP contribution in [0.3, 0.4) is 0 Å². The highest BCUT2D eigenvalue weighted by Gasteiger charge is 2.33. The van der Waals surface area contributed by atoms with Crippen molar-refractivity contribution in [1.29, 1.82) is 0 Å². The van der Waals surface area contributed by atoms with E-state index in [9.17, 15) is 18.7 Å². The Labute approximate surface area is 149 Å². The number of carbonyl (C=O) groups excluding carboxylic acids is 1. The molecule has 1 N–H and O–H groups in total. The second kappa shape index (κ2) is 5.95. The minimum Gasteiger partial charge on any atom is -0.508 e. The largest absolute Gasteiger partial charge is 0.508 e. The summed E-state index contributed by atoms with van der Waals surface area (Å²) in [6.07, 6.45) is 0. The summed E-state index contributed by atoms with van der Waals surface area (Å²) in [6, 6.07) is 14.0. The van der Waals surface area contributed by atoms with E-state index >= 15 is 0 Å². The van der Waals surface area contributed by atoms with Crippen molar-refractivity contribution in [2.45, 2.75) is 13.0 Å². The van der Waals surface area contributed by atoms with E-state index in [0.29, 0.717) is 22.4 Å². The third-order valence-electron chi connectivity index (χ3n) is 4.69. The van der Waals surface area contributed by atoms with Gasteiger partial charge in [0, 0.05) is 11.1 Å². The van der Waals surface area contributed by atoms with Crippen LogP contribution in [0.2, 0.25) is 0 Å². The van der Waals surface area contributed by atoms with Gasteiger partial charge in [0.2, 0.25) is 0 Å². The Hall–Kier alpha value is -3.21. The number of carbonyl (C=O) groups is 1. The first-order chi connectivity index (χ1) is 12.5. The minimum atomic E-state index is -0.476. The van der Waals surface area contributed by atoms with Crippen LogP contribution in [0, 0.1) is 11.6 Å². The molecule has 26 heavy (non-hydrogen) atoms. The number of rotatable bonds is 1. The third-order valence-corrected chi connectivity index (χ3v) is 4.69. The molecule has 5 heteroatoms. The Balaban J connectivity index is 1.91. The highest BCUT2D eigenvalue weighted by atomic mass is 19.1. The average molecular weight is 351 g/mol. The molecule has 1 amide bonds. The van der Waals surface area contributed by atoms with Gasteiger partial charge in [-0.25, -0.2) is 8.78 Å². The molecule has 0 spiro atoms. The number of hydrogen-bond acceptors (Lipinski definition) is 2. The summed E-state index contributed by atoms with van der Waals surface area (Å²) in [7, 11) is 0. The van der Waals surface area contributed by atoms with E-state index in [0.717, 1.165) is 5.56 Å². The van der Waals surface area contributed by atoms with Crippen molar-refractivity contribution in [2.24, 2.45) is 0 Å². The zero-order valence-corrected chi connectivity index (χ0v) is 13.9. The first kappa shape index (κ1) is 16.3. The first-order valence-corrected chi connectivity index (χ1v) is 8.17. The van der Waals surface area contributed by atoms with Gasteiger partial charge >= 0.3 is 0 Å². The highest BCUT2D eigenvalue weighted by molar-refractivity contribution is 6.10. The molecule has 0 radical (unpaired) electrons. The van der Waals surface area contributed by atoms with Crippen LogP contribution in [0.5, 0.6) is 5.75 Å². The van der Waals surface area contributed by atoms with Gasteiger partial charge in [-0.3, -0.25) is 4.79 Å². The number of amides is 1. The lowest BCUT2D eigenvalue weighted by Crippen LogP contribution is -2.36. The summed E-state index contributed by atoms with van der Waals surface area (Å²) in [4.78, 5) is 14.6. The zero-order chi connectivity index (χ0) is 18.4. The molecule has 4 rings (SSSR count). The van der Waals surface area contributed by atoms with Gasteiger partial charge in [-0.1, -0.05) is 6.07 Å². The summed E-state index contributed by atoms with van der Waals surface area (Å²) in [5, 5.41) is 9.44. The van der Waals surface area contributed by atoms with Crippen molar-refractivity contribution in [3.05, 3.63) is 83.4 Å². The molecular formula is C21H15F2NO2. The summed E-state index contributed by atoms with van der Waals surface area (Å²) in [6.45, 7) is 1.78. The topological polar surface area (TPSA) is 40.5 Å². The van der Waals surface area contributed by atoms with Gasteiger partial charge in [-0.15, -0.1) is 0 Å². The minimum absolute atomic E-state index is 0.0482. The fraction of sp³-hybridized carbons (Fsp3) is 0.0952. The molecule has 0 saturated heterocycles. The molecule has 1 heterocycles. The zero-order valence-electron chi connectivity index (χ0n) is 13.9. The summed E-state index contributed by atoms with van der Waals surface area (Å²) < 4.78 is 27.7. The molecule has 3 aromatic rings. The molecule has 0 bridgehead atoms. The molecule has 1 atom stereocenters. The summed E-state index contributed by atoms with van der Waals surface area (Å²) in [5.74, 6) is -1.14. The lowest BCUT2D eigenvalue weighted by Gasteiger charge is -2.37. The number of phenolic OH excluding ortho intramolecular Hbond substituents is 1. The second-order valence-corrected chi connectivity index (χ2v) is 6.29. The maximum absolute atomic E-state index is 13.9. The average Bonchev–Trinajstić information content (AvgIpc) is 2.62. The quantitative estimate of drug-likeness (QED) is 0.666. The van der Waals surface area contributed by atoms with E-state index in [1.165, 1.54) is 53.4 Å². The predicted octanol–water partition coefficient (Wildman–Crippen LogP) is 5.06. The van der Waals surface area contributed by atoms with Crippen LogP contribution >= 0.6 is 0 Å². The van der Waals surface area contributed by atoms with Crippen molar-refractivity contribution in [1.82, 2.24) is 0 Å². The molecule has 3 aromatic carbocycles. The molecule has 1 aliphatic heterocycles. The van der Waals surface area contributed by atoms with Crippen molar-refractivity contribution in [3.8, 4) is 16.9 Å². The van der Waals surface area contributed by atoms with E-state index in [1.54, 1.807) is 19.1 Å². The van der Waals surface area contributed by atoms with Gasteiger partial charge in [0.05, 0.1) is 11.7 Å². The molecule has 3 nitrogen and oxygen atoms in total. The molecule has 0 fully saturated rings. The number of hydrogen-bond donors (Lipinski definition) is 1. The molecule has 1 aliphatic rings. The monoisotopic (exact) mass is 351 g/mol. The number of phenols is 1. The Morgan fingerprint density at radius 2 is 1.54 bits per heavy atom. The number of fused-ring (bicyclic) bond motifs is 3. The normalized spacial score (nSPS) is 15.3. The Morgan fingerprint density at radius 3 is 2.23 bits per heavy atom. The van der Waals surface area contributed by atoms with Crippen LogP contribution < -0.4 is 4.90 Å².